The summed E-state index contributed by atoms with van der Waals surface area (Å²) < 4.78 is 0. The molecule has 0 unspecified atom stereocenters. The second-order valence-electron chi connectivity index (χ2n) is 4.49. The van der Waals surface area contributed by atoms with Crippen LogP contribution in [0.3, 0.4) is 0 Å². The van der Waals surface area contributed by atoms with Crippen LogP contribution in [0, 0.1) is 6.92 Å². The van der Waals surface area contributed by atoms with Crippen molar-refractivity contribution in [2.45, 2.75) is 13.0 Å². The molecule has 102 valence electrons. The van der Waals surface area contributed by atoms with Gasteiger partial charge >= 0.3 is 0 Å². The van der Waals surface area contributed by atoms with Gasteiger partial charge in [0, 0.05) is 31.2 Å². The highest BCUT2D eigenvalue weighted by Gasteiger charge is 2.21. The minimum atomic E-state index is 0. The zero-order valence-corrected chi connectivity index (χ0v) is 12.1. The lowest BCUT2D eigenvalue weighted by Gasteiger charge is -2.34. The molecule has 1 aromatic rings. The van der Waals surface area contributed by atoms with E-state index in [1.54, 1.807) is 0 Å². The zero-order chi connectivity index (χ0) is 12.3. The first kappa shape index (κ1) is 15.7. The van der Waals surface area contributed by atoms with Crippen molar-refractivity contribution in [2.24, 2.45) is 0 Å². The topological polar surface area (TPSA) is 35.5 Å². The zero-order valence-electron chi connectivity index (χ0n) is 10.5. The van der Waals surface area contributed by atoms with Crippen LogP contribution in [0.15, 0.2) is 18.2 Å². The molecule has 1 saturated heterocycles. The number of nitrogens with zero attached hydrogens (tertiary/aromatic N) is 1. The Labute approximate surface area is 120 Å². The molecular formula is C13H20Cl2N2O. The number of benzene rings is 1. The number of hydrogen-bond acceptors (Lipinski definition) is 3. The lowest BCUT2D eigenvalue weighted by molar-refractivity contribution is 0.111. The van der Waals surface area contributed by atoms with Crippen molar-refractivity contribution in [3.8, 4) is 0 Å². The summed E-state index contributed by atoms with van der Waals surface area (Å²) in [6.07, 6.45) is 0. The van der Waals surface area contributed by atoms with E-state index in [4.69, 9.17) is 11.6 Å². The van der Waals surface area contributed by atoms with E-state index in [0.29, 0.717) is 0 Å². The van der Waals surface area contributed by atoms with Crippen molar-refractivity contribution in [3.05, 3.63) is 34.3 Å². The summed E-state index contributed by atoms with van der Waals surface area (Å²) in [5.41, 5.74) is 2.22. The molecule has 5 heteroatoms. The monoisotopic (exact) mass is 290 g/mol. The van der Waals surface area contributed by atoms with Gasteiger partial charge in [0.2, 0.25) is 0 Å². The van der Waals surface area contributed by atoms with Crippen molar-refractivity contribution < 1.29 is 5.11 Å². The van der Waals surface area contributed by atoms with E-state index in [0.717, 1.165) is 42.3 Å². The number of aliphatic hydroxyl groups excluding tert-OH is 1. The number of nitrogens with one attached hydrogen (secondary N) is 1. The molecule has 0 saturated carbocycles. The molecule has 0 amide bonds. The lowest BCUT2D eigenvalue weighted by atomic mass is 10.0. The molecule has 0 aromatic heterocycles. The normalized spacial score (nSPS) is 18.2. The first-order chi connectivity index (χ1) is 8.22. The quantitative estimate of drug-likeness (QED) is 0.894. The smallest absolute Gasteiger partial charge is 0.0628 e. The van der Waals surface area contributed by atoms with E-state index >= 15 is 0 Å². The minimum absolute atomic E-state index is 0. The highest BCUT2D eigenvalue weighted by molar-refractivity contribution is 6.31. The molecule has 0 bridgehead atoms. The van der Waals surface area contributed by atoms with Gasteiger partial charge in [0.15, 0.2) is 0 Å². The Kier molecular flexibility index (Phi) is 6.39. The largest absolute Gasteiger partial charge is 0.394 e. The van der Waals surface area contributed by atoms with Gasteiger partial charge in [0.1, 0.15) is 0 Å². The third-order valence-electron chi connectivity index (χ3n) is 3.33. The molecule has 3 nitrogen and oxygen atoms in total. The average molecular weight is 291 g/mol. The third kappa shape index (κ3) is 3.59. The lowest BCUT2D eigenvalue weighted by Crippen LogP contribution is -2.46. The Bertz CT molecular complexity index is 381. The van der Waals surface area contributed by atoms with Gasteiger partial charge in [-0.05, 0) is 24.1 Å². The number of aliphatic hydroxyl groups is 1. The van der Waals surface area contributed by atoms with Crippen LogP contribution >= 0.6 is 24.0 Å². The van der Waals surface area contributed by atoms with Crippen LogP contribution in [-0.4, -0.2) is 42.8 Å². The van der Waals surface area contributed by atoms with E-state index in [-0.39, 0.29) is 25.1 Å². The molecule has 0 spiro atoms. The van der Waals surface area contributed by atoms with Crippen LogP contribution < -0.4 is 5.32 Å². The summed E-state index contributed by atoms with van der Waals surface area (Å²) in [5.74, 6) is 0. The highest BCUT2D eigenvalue weighted by Crippen LogP contribution is 2.24. The van der Waals surface area contributed by atoms with E-state index in [1.165, 1.54) is 0 Å². The molecular weight excluding hydrogens is 271 g/mol. The first-order valence-electron chi connectivity index (χ1n) is 6.04. The van der Waals surface area contributed by atoms with Crippen LogP contribution in [0.25, 0.3) is 0 Å². The van der Waals surface area contributed by atoms with Gasteiger partial charge < -0.3 is 10.4 Å². The van der Waals surface area contributed by atoms with E-state index in [1.807, 2.05) is 19.1 Å². The first-order valence-corrected chi connectivity index (χ1v) is 6.42. The van der Waals surface area contributed by atoms with Crippen LogP contribution in [0.4, 0.5) is 0 Å². The fraction of sp³-hybridized carbons (Fsp3) is 0.538. The van der Waals surface area contributed by atoms with E-state index in [9.17, 15) is 5.11 Å². The summed E-state index contributed by atoms with van der Waals surface area (Å²) >= 11 is 6.03. The molecule has 0 aliphatic carbocycles. The minimum Gasteiger partial charge on any atom is -0.394 e. The molecule has 1 aliphatic rings. The summed E-state index contributed by atoms with van der Waals surface area (Å²) in [4.78, 5) is 2.32. The highest BCUT2D eigenvalue weighted by atomic mass is 35.5. The molecule has 1 fully saturated rings. The summed E-state index contributed by atoms with van der Waals surface area (Å²) in [6.45, 7) is 6.09. The molecule has 2 N–H and O–H groups in total. The Morgan fingerprint density at radius 3 is 2.61 bits per heavy atom. The van der Waals surface area contributed by atoms with E-state index in [2.05, 4.69) is 16.3 Å². The van der Waals surface area contributed by atoms with E-state index < -0.39 is 0 Å². The molecule has 2 rings (SSSR count). The van der Waals surface area contributed by atoms with Gasteiger partial charge in [-0.1, -0.05) is 23.7 Å². The molecule has 0 radical (unpaired) electrons. The number of halogens is 2. The standard InChI is InChI=1S/C13H19ClN2O.ClH/c1-10-8-11(2-3-12(10)14)13(9-17)16-6-4-15-5-7-16;/h2-3,8,13,15,17H,4-7,9H2,1H3;1H/t13-;/m0./s1. The van der Waals surface area contributed by atoms with Gasteiger partial charge in [-0.25, -0.2) is 0 Å². The number of piperazine rings is 1. The van der Waals surface area contributed by atoms with Crippen molar-refractivity contribution in [1.29, 1.82) is 0 Å². The fourth-order valence-electron chi connectivity index (χ4n) is 2.30. The molecule has 1 aliphatic heterocycles. The Morgan fingerprint density at radius 2 is 2.06 bits per heavy atom. The Morgan fingerprint density at radius 1 is 1.39 bits per heavy atom. The second-order valence-corrected chi connectivity index (χ2v) is 4.90. The predicted molar refractivity (Wildman–Crippen MR) is 77.7 cm³/mol. The number of hydrogen-bond donors (Lipinski definition) is 2. The number of rotatable bonds is 3. The van der Waals surface area contributed by atoms with Crippen molar-refractivity contribution in [1.82, 2.24) is 10.2 Å². The van der Waals surface area contributed by atoms with Crippen LogP contribution in [0.5, 0.6) is 0 Å². The number of aryl methyl sites for hydroxylation is 1. The van der Waals surface area contributed by atoms with Crippen LogP contribution in [0.2, 0.25) is 5.02 Å². The maximum atomic E-state index is 9.60. The Hall–Kier alpha value is -0.320. The average Bonchev–Trinajstić information content (AvgIpc) is 2.36. The van der Waals surface area contributed by atoms with Crippen LogP contribution in [-0.2, 0) is 0 Å². The summed E-state index contributed by atoms with van der Waals surface area (Å²) in [7, 11) is 0. The molecule has 1 aromatic carbocycles. The molecule has 1 heterocycles. The van der Waals surface area contributed by atoms with Gasteiger partial charge in [0.25, 0.3) is 0 Å². The van der Waals surface area contributed by atoms with Gasteiger partial charge in [-0.3, -0.25) is 4.90 Å². The SMILES string of the molecule is Cc1cc([C@H](CO)N2CCNCC2)ccc1Cl.Cl. The second kappa shape index (κ2) is 7.31. The third-order valence-corrected chi connectivity index (χ3v) is 3.76. The Balaban J connectivity index is 0.00000162. The summed E-state index contributed by atoms with van der Waals surface area (Å²) in [5, 5.41) is 13.7. The fourth-order valence-corrected chi connectivity index (χ4v) is 2.42. The van der Waals surface area contributed by atoms with Gasteiger partial charge in [-0.2, -0.15) is 0 Å². The molecule has 18 heavy (non-hydrogen) atoms. The summed E-state index contributed by atoms with van der Waals surface area (Å²) in [6, 6.07) is 6.09. The molecule has 1 atom stereocenters. The maximum absolute atomic E-state index is 9.60. The van der Waals surface area contributed by atoms with Crippen molar-refractivity contribution >= 4 is 24.0 Å². The van der Waals surface area contributed by atoms with Crippen molar-refractivity contribution in [2.75, 3.05) is 32.8 Å². The predicted octanol–water partition coefficient (Wildman–Crippen LogP) is 2.01. The van der Waals surface area contributed by atoms with Crippen molar-refractivity contribution in [3.63, 3.8) is 0 Å². The maximum Gasteiger partial charge on any atom is 0.0628 e. The van der Waals surface area contributed by atoms with Gasteiger partial charge in [0.05, 0.1) is 12.6 Å². The van der Waals surface area contributed by atoms with Gasteiger partial charge in [-0.15, -0.1) is 12.4 Å². The van der Waals surface area contributed by atoms with Crippen LogP contribution in [0.1, 0.15) is 17.2 Å².